The second-order valence-electron chi connectivity index (χ2n) is 6.84. The highest BCUT2D eigenvalue weighted by Crippen LogP contribution is 2.20. The van der Waals surface area contributed by atoms with E-state index in [1.807, 2.05) is 24.3 Å². The second kappa shape index (κ2) is 8.45. The van der Waals surface area contributed by atoms with Gasteiger partial charge in [-0.25, -0.2) is 0 Å². The van der Waals surface area contributed by atoms with Crippen molar-refractivity contribution in [3.8, 4) is 5.75 Å². The third-order valence-corrected chi connectivity index (χ3v) is 4.58. The molecule has 0 atom stereocenters. The number of nitrogens with one attached hydrogen (secondary N) is 1. The Kier molecular flexibility index (Phi) is 6.58. The van der Waals surface area contributed by atoms with Gasteiger partial charge in [0.2, 0.25) is 0 Å². The molecule has 0 aliphatic heterocycles. The van der Waals surface area contributed by atoms with Crippen LogP contribution in [0, 0.1) is 0 Å². The first kappa shape index (κ1) is 18.7. The fourth-order valence-corrected chi connectivity index (χ4v) is 3.11. The molecule has 0 radical (unpaired) electrons. The Morgan fingerprint density at radius 3 is 2.62 bits per heavy atom. The third-order valence-electron chi connectivity index (χ3n) is 4.22. The standard InChI is InChI=1S/C20H27NO2S/c1-20(2,14-15-9-11-17(23-3)12-10-15)21-13-5-7-16-6-4-8-18(24)19(16)22/h4,6,9-12,21-22H,5,7-8,13-14H2,1-3H3. The van der Waals surface area contributed by atoms with Crippen molar-refractivity contribution >= 4 is 17.1 Å². The van der Waals surface area contributed by atoms with Crippen LogP contribution in [0.15, 0.2) is 47.7 Å². The lowest BCUT2D eigenvalue weighted by Gasteiger charge is -2.27. The number of ether oxygens (including phenoxy) is 1. The van der Waals surface area contributed by atoms with Gasteiger partial charge in [-0.3, -0.25) is 0 Å². The first-order chi connectivity index (χ1) is 11.4. The fourth-order valence-electron chi connectivity index (χ4n) is 2.89. The summed E-state index contributed by atoms with van der Waals surface area (Å²) in [5.74, 6) is 1.20. The van der Waals surface area contributed by atoms with Crippen LogP contribution < -0.4 is 10.1 Å². The van der Waals surface area contributed by atoms with Crippen LogP contribution in [0.3, 0.4) is 0 Å². The average Bonchev–Trinajstić information content (AvgIpc) is 2.55. The SMILES string of the molecule is COc1ccc(CC(C)(C)NCCCC2=C(O)C(=S)CC=C2)cc1. The molecule has 4 heteroatoms. The van der Waals surface area contributed by atoms with Crippen LogP contribution in [-0.4, -0.2) is 29.2 Å². The quantitative estimate of drug-likeness (QED) is 0.537. The highest BCUT2D eigenvalue weighted by molar-refractivity contribution is 7.80. The van der Waals surface area contributed by atoms with Gasteiger partial charge < -0.3 is 15.2 Å². The predicted octanol–water partition coefficient (Wildman–Crippen LogP) is 4.53. The van der Waals surface area contributed by atoms with Crippen molar-refractivity contribution in [1.82, 2.24) is 5.32 Å². The molecule has 24 heavy (non-hydrogen) atoms. The number of hydrogen-bond donors (Lipinski definition) is 2. The Hall–Kier alpha value is -1.65. The molecule has 2 rings (SSSR count). The van der Waals surface area contributed by atoms with Crippen molar-refractivity contribution in [2.24, 2.45) is 0 Å². The Morgan fingerprint density at radius 2 is 1.96 bits per heavy atom. The number of benzene rings is 1. The molecule has 0 amide bonds. The van der Waals surface area contributed by atoms with Gasteiger partial charge in [-0.2, -0.15) is 0 Å². The molecule has 0 aromatic heterocycles. The predicted molar refractivity (Wildman–Crippen MR) is 104 cm³/mol. The number of aliphatic hydroxyl groups excluding tert-OH is 1. The van der Waals surface area contributed by atoms with Gasteiger partial charge in [-0.1, -0.05) is 36.5 Å². The van der Waals surface area contributed by atoms with Gasteiger partial charge in [0.25, 0.3) is 0 Å². The van der Waals surface area contributed by atoms with Crippen molar-refractivity contribution in [2.45, 2.75) is 45.1 Å². The number of rotatable bonds is 8. The largest absolute Gasteiger partial charge is 0.506 e. The summed E-state index contributed by atoms with van der Waals surface area (Å²) in [5, 5.41) is 13.6. The topological polar surface area (TPSA) is 41.5 Å². The van der Waals surface area contributed by atoms with E-state index in [-0.39, 0.29) is 5.54 Å². The van der Waals surface area contributed by atoms with Crippen LogP contribution in [-0.2, 0) is 6.42 Å². The molecule has 130 valence electrons. The van der Waals surface area contributed by atoms with Crippen molar-refractivity contribution in [3.63, 3.8) is 0 Å². The maximum Gasteiger partial charge on any atom is 0.132 e. The van der Waals surface area contributed by atoms with Crippen molar-refractivity contribution < 1.29 is 9.84 Å². The number of methoxy groups -OCH3 is 1. The fraction of sp³-hybridized carbons (Fsp3) is 0.450. The molecule has 1 aromatic rings. The van der Waals surface area contributed by atoms with Crippen molar-refractivity contribution in [1.29, 1.82) is 0 Å². The van der Waals surface area contributed by atoms with Crippen LogP contribution in [0.4, 0.5) is 0 Å². The number of allylic oxidation sites excluding steroid dienone is 4. The molecule has 2 N–H and O–H groups in total. The summed E-state index contributed by atoms with van der Waals surface area (Å²) in [7, 11) is 1.68. The van der Waals surface area contributed by atoms with Crippen molar-refractivity contribution in [3.05, 3.63) is 53.3 Å². The summed E-state index contributed by atoms with van der Waals surface area (Å²) in [4.78, 5) is 0.653. The molecular weight excluding hydrogens is 318 g/mol. The minimum absolute atomic E-state index is 0.0166. The molecule has 1 aromatic carbocycles. The highest BCUT2D eigenvalue weighted by atomic mass is 32.1. The van der Waals surface area contributed by atoms with Crippen molar-refractivity contribution in [2.75, 3.05) is 13.7 Å². The number of hydrogen-bond acceptors (Lipinski definition) is 4. The summed E-state index contributed by atoms with van der Waals surface area (Å²) in [6.07, 6.45) is 7.46. The van der Waals surface area contributed by atoms with E-state index < -0.39 is 0 Å². The van der Waals surface area contributed by atoms with E-state index in [0.29, 0.717) is 17.0 Å². The molecule has 0 fully saturated rings. The van der Waals surface area contributed by atoms with Gasteiger partial charge in [-0.05, 0) is 62.9 Å². The van der Waals surface area contributed by atoms with Gasteiger partial charge >= 0.3 is 0 Å². The minimum atomic E-state index is 0.0166. The van der Waals surface area contributed by atoms with Crippen LogP contribution in [0.5, 0.6) is 5.75 Å². The molecule has 0 saturated carbocycles. The second-order valence-corrected chi connectivity index (χ2v) is 7.34. The van der Waals surface area contributed by atoms with Crippen LogP contribution in [0.2, 0.25) is 0 Å². The molecule has 0 heterocycles. The summed E-state index contributed by atoms with van der Waals surface area (Å²) in [5.41, 5.74) is 2.26. The lowest BCUT2D eigenvalue weighted by Crippen LogP contribution is -2.41. The Labute approximate surface area is 150 Å². The van der Waals surface area contributed by atoms with Gasteiger partial charge in [0.1, 0.15) is 11.5 Å². The maximum atomic E-state index is 9.99. The lowest BCUT2D eigenvalue weighted by molar-refractivity contribution is 0.382. The zero-order valence-electron chi connectivity index (χ0n) is 14.8. The van der Waals surface area contributed by atoms with Crippen LogP contribution in [0.1, 0.15) is 38.7 Å². The molecule has 0 bridgehead atoms. The van der Waals surface area contributed by atoms with E-state index in [0.717, 1.165) is 37.1 Å². The van der Waals surface area contributed by atoms with Gasteiger partial charge in [-0.15, -0.1) is 0 Å². The zero-order valence-corrected chi connectivity index (χ0v) is 15.6. The maximum absolute atomic E-state index is 9.99. The summed E-state index contributed by atoms with van der Waals surface area (Å²) in [6, 6.07) is 8.22. The van der Waals surface area contributed by atoms with Gasteiger partial charge in [0.05, 0.1) is 12.0 Å². The van der Waals surface area contributed by atoms with E-state index in [1.54, 1.807) is 7.11 Å². The molecule has 0 unspecified atom stereocenters. The summed E-state index contributed by atoms with van der Waals surface area (Å²) >= 11 is 5.15. The Balaban J connectivity index is 1.79. The first-order valence-corrected chi connectivity index (χ1v) is 8.82. The van der Waals surface area contributed by atoms with Gasteiger partial charge in [0, 0.05) is 12.0 Å². The van der Waals surface area contributed by atoms with Gasteiger partial charge in [0.15, 0.2) is 0 Å². The molecule has 0 spiro atoms. The van der Waals surface area contributed by atoms with Crippen LogP contribution in [0.25, 0.3) is 0 Å². The molecule has 1 aliphatic rings. The summed E-state index contributed by atoms with van der Waals surface area (Å²) < 4.78 is 5.20. The molecule has 0 saturated heterocycles. The monoisotopic (exact) mass is 345 g/mol. The van der Waals surface area contributed by atoms with Crippen LogP contribution >= 0.6 is 12.2 Å². The molecular formula is C20H27NO2S. The van der Waals surface area contributed by atoms with E-state index >= 15 is 0 Å². The Bertz CT molecular complexity index is 630. The number of thiocarbonyl (C=S) groups is 1. The average molecular weight is 346 g/mol. The highest BCUT2D eigenvalue weighted by Gasteiger charge is 2.18. The lowest BCUT2D eigenvalue weighted by atomic mass is 9.94. The minimum Gasteiger partial charge on any atom is -0.506 e. The smallest absolute Gasteiger partial charge is 0.132 e. The summed E-state index contributed by atoms with van der Waals surface area (Å²) in [6.45, 7) is 5.33. The Morgan fingerprint density at radius 1 is 1.25 bits per heavy atom. The zero-order chi connectivity index (χ0) is 17.6. The first-order valence-electron chi connectivity index (χ1n) is 8.41. The normalized spacial score (nSPS) is 15.0. The van der Waals surface area contributed by atoms with E-state index in [4.69, 9.17) is 17.0 Å². The van der Waals surface area contributed by atoms with E-state index in [9.17, 15) is 5.11 Å². The van der Waals surface area contributed by atoms with E-state index in [2.05, 4.69) is 31.3 Å². The van der Waals surface area contributed by atoms with E-state index in [1.165, 1.54) is 5.56 Å². The third kappa shape index (κ3) is 5.46. The number of aliphatic hydroxyl groups is 1. The molecule has 1 aliphatic carbocycles. The molecule has 3 nitrogen and oxygen atoms in total.